The predicted molar refractivity (Wildman–Crippen MR) is 99.1 cm³/mol. The molecule has 0 aliphatic heterocycles. The molecule has 0 aliphatic rings. The van der Waals surface area contributed by atoms with Crippen molar-refractivity contribution in [3.8, 4) is 17.1 Å². The van der Waals surface area contributed by atoms with Gasteiger partial charge in [0.05, 0.1) is 25.1 Å². The van der Waals surface area contributed by atoms with E-state index in [0.717, 1.165) is 16.8 Å². The van der Waals surface area contributed by atoms with Gasteiger partial charge in [-0.2, -0.15) is 4.80 Å². The number of ether oxygens (including phenoxy) is 1. The molecule has 3 N–H and O–H groups in total. The van der Waals surface area contributed by atoms with Gasteiger partial charge in [0.1, 0.15) is 11.6 Å². The van der Waals surface area contributed by atoms with E-state index in [1.807, 2.05) is 30.3 Å². The number of nitrogens with two attached hydrogens (primary N) is 1. The first-order chi connectivity index (χ1) is 13.5. The van der Waals surface area contributed by atoms with E-state index in [9.17, 15) is 9.18 Å². The van der Waals surface area contributed by atoms with E-state index in [4.69, 9.17) is 15.6 Å². The molecule has 0 aliphatic carbocycles. The number of carbonyl (C=O) groups is 1. The summed E-state index contributed by atoms with van der Waals surface area (Å²) in [6.45, 7) is 0.500. The molecular weight excluding hydrogens is 365 g/mol. The molecule has 1 unspecified atom stereocenters. The van der Waals surface area contributed by atoms with Gasteiger partial charge in [-0.25, -0.2) is 4.39 Å². The average Bonchev–Trinajstić information content (AvgIpc) is 3.10. The summed E-state index contributed by atoms with van der Waals surface area (Å²) < 4.78 is 20.0. The van der Waals surface area contributed by atoms with Gasteiger partial charge in [0.25, 0.3) is 0 Å². The maximum atomic E-state index is 14.4. The molecule has 146 valence electrons. The predicted octanol–water partition coefficient (Wildman–Crippen LogP) is 1.90. The molecule has 0 spiro atoms. The monoisotopic (exact) mass is 385 g/mol. The van der Waals surface area contributed by atoms with Gasteiger partial charge in [0, 0.05) is 18.5 Å². The smallest absolute Gasteiger partial charge is 0.304 e. The molecule has 2 aromatic carbocycles. The fourth-order valence-electron chi connectivity index (χ4n) is 2.63. The van der Waals surface area contributed by atoms with Gasteiger partial charge in [-0.3, -0.25) is 4.79 Å². The number of hydrogen-bond donors (Lipinski definition) is 2. The second-order valence-corrected chi connectivity index (χ2v) is 6.25. The van der Waals surface area contributed by atoms with Crippen LogP contribution in [0, 0.1) is 5.82 Å². The Morgan fingerprint density at radius 2 is 2.04 bits per heavy atom. The van der Waals surface area contributed by atoms with E-state index in [-0.39, 0.29) is 24.4 Å². The molecule has 28 heavy (non-hydrogen) atoms. The summed E-state index contributed by atoms with van der Waals surface area (Å²) in [6, 6.07) is 13.6. The summed E-state index contributed by atoms with van der Waals surface area (Å²) >= 11 is 0. The van der Waals surface area contributed by atoms with Crippen molar-refractivity contribution in [2.75, 3.05) is 6.61 Å². The van der Waals surface area contributed by atoms with Crippen LogP contribution < -0.4 is 10.5 Å². The number of aliphatic carboxylic acids is 1. The Kier molecular flexibility index (Phi) is 6.28. The first-order valence-electron chi connectivity index (χ1n) is 8.73. The van der Waals surface area contributed by atoms with Crippen molar-refractivity contribution in [2.24, 2.45) is 5.73 Å². The van der Waals surface area contributed by atoms with Crippen molar-refractivity contribution >= 4 is 5.97 Å². The quantitative estimate of drug-likeness (QED) is 0.578. The molecule has 1 atom stereocenters. The second kappa shape index (κ2) is 9.05. The number of nitrogens with zero attached hydrogens (tertiary/aromatic N) is 4. The van der Waals surface area contributed by atoms with Crippen LogP contribution in [-0.2, 0) is 17.8 Å². The highest BCUT2D eigenvalue weighted by Crippen LogP contribution is 2.23. The minimum Gasteiger partial charge on any atom is -0.493 e. The van der Waals surface area contributed by atoms with E-state index in [0.29, 0.717) is 12.4 Å². The molecule has 3 aromatic rings. The van der Waals surface area contributed by atoms with Gasteiger partial charge in [-0.15, -0.1) is 10.2 Å². The Balaban J connectivity index is 1.60. The summed E-state index contributed by atoms with van der Waals surface area (Å²) in [5.74, 6) is -1.04. The average molecular weight is 385 g/mol. The highest BCUT2D eigenvalue weighted by atomic mass is 19.1. The van der Waals surface area contributed by atoms with Gasteiger partial charge < -0.3 is 15.6 Å². The van der Waals surface area contributed by atoms with Crippen molar-refractivity contribution < 1.29 is 19.0 Å². The van der Waals surface area contributed by atoms with Gasteiger partial charge in [-0.05, 0) is 22.9 Å². The van der Waals surface area contributed by atoms with Crippen LogP contribution in [0.15, 0.2) is 48.5 Å². The number of carboxylic acids is 1. The fourth-order valence-corrected chi connectivity index (χ4v) is 2.63. The highest BCUT2D eigenvalue weighted by Gasteiger charge is 2.15. The lowest BCUT2D eigenvalue weighted by Gasteiger charge is -2.08. The van der Waals surface area contributed by atoms with Crippen molar-refractivity contribution in [3.05, 3.63) is 59.9 Å². The van der Waals surface area contributed by atoms with Crippen LogP contribution in [0.5, 0.6) is 5.75 Å². The molecule has 1 aromatic heterocycles. The molecule has 3 rings (SSSR count). The minimum atomic E-state index is -1.01. The van der Waals surface area contributed by atoms with Gasteiger partial charge in [0.15, 0.2) is 0 Å². The van der Waals surface area contributed by atoms with Crippen molar-refractivity contribution in [1.29, 1.82) is 0 Å². The van der Waals surface area contributed by atoms with E-state index in [1.165, 1.54) is 12.1 Å². The zero-order valence-electron chi connectivity index (χ0n) is 15.0. The molecule has 0 fully saturated rings. The third-order valence-corrected chi connectivity index (χ3v) is 3.97. The third kappa shape index (κ3) is 5.34. The molecule has 0 amide bonds. The normalized spacial score (nSPS) is 11.9. The first-order valence-corrected chi connectivity index (χ1v) is 8.73. The standard InChI is InChI=1S/C19H20FN5O3/c20-17-11-15(28-9-8-13-4-2-1-3-5-13)6-7-16(17)19-22-24-25(23-19)12-14(21)10-18(26)27/h1-7,11,14H,8-10,12,21H2,(H,26,27). The minimum absolute atomic E-state index is 0.0710. The van der Waals surface area contributed by atoms with E-state index >= 15 is 0 Å². The fraction of sp³-hybridized carbons (Fsp3) is 0.263. The zero-order chi connectivity index (χ0) is 19.9. The number of halogens is 1. The molecule has 1 heterocycles. The lowest BCUT2D eigenvalue weighted by atomic mass is 10.1. The maximum absolute atomic E-state index is 14.4. The Bertz CT molecular complexity index is 932. The van der Waals surface area contributed by atoms with Crippen LogP contribution in [0.3, 0.4) is 0 Å². The maximum Gasteiger partial charge on any atom is 0.304 e. The van der Waals surface area contributed by atoms with Crippen LogP contribution in [0.25, 0.3) is 11.4 Å². The summed E-state index contributed by atoms with van der Waals surface area (Å²) in [5, 5.41) is 20.4. The highest BCUT2D eigenvalue weighted by molar-refractivity contribution is 5.67. The van der Waals surface area contributed by atoms with Gasteiger partial charge >= 0.3 is 5.97 Å². The molecule has 0 radical (unpaired) electrons. The van der Waals surface area contributed by atoms with Crippen molar-refractivity contribution in [1.82, 2.24) is 20.2 Å². The second-order valence-electron chi connectivity index (χ2n) is 6.25. The molecular formula is C19H20FN5O3. The van der Waals surface area contributed by atoms with Crippen molar-refractivity contribution in [3.63, 3.8) is 0 Å². The number of benzene rings is 2. The number of hydrogen-bond acceptors (Lipinski definition) is 6. The number of aromatic nitrogens is 4. The van der Waals surface area contributed by atoms with Crippen molar-refractivity contribution in [2.45, 2.75) is 25.4 Å². The van der Waals surface area contributed by atoms with Crippen LogP contribution >= 0.6 is 0 Å². The van der Waals surface area contributed by atoms with Crippen LogP contribution in [0.1, 0.15) is 12.0 Å². The van der Waals surface area contributed by atoms with Gasteiger partial charge in [0.2, 0.25) is 5.82 Å². The zero-order valence-corrected chi connectivity index (χ0v) is 15.0. The third-order valence-electron chi connectivity index (χ3n) is 3.97. The molecule has 0 saturated carbocycles. The SMILES string of the molecule is NC(CC(=O)O)Cn1nnc(-c2ccc(OCCc3ccccc3)cc2F)n1. The lowest BCUT2D eigenvalue weighted by Crippen LogP contribution is -2.30. The first kappa shape index (κ1) is 19.4. The molecule has 8 nitrogen and oxygen atoms in total. The van der Waals surface area contributed by atoms with Crippen LogP contribution in [-0.4, -0.2) is 43.9 Å². The van der Waals surface area contributed by atoms with E-state index < -0.39 is 17.8 Å². The van der Waals surface area contributed by atoms with Crippen LogP contribution in [0.2, 0.25) is 0 Å². The van der Waals surface area contributed by atoms with Crippen LogP contribution in [0.4, 0.5) is 4.39 Å². The largest absolute Gasteiger partial charge is 0.493 e. The Labute approximate surface area is 160 Å². The Hall–Kier alpha value is -3.33. The van der Waals surface area contributed by atoms with E-state index in [1.54, 1.807) is 6.07 Å². The number of carboxylic acid groups (broad SMARTS) is 1. The summed E-state index contributed by atoms with van der Waals surface area (Å²) in [5.41, 5.74) is 7.01. The summed E-state index contributed by atoms with van der Waals surface area (Å²) in [6.07, 6.45) is 0.497. The van der Waals surface area contributed by atoms with E-state index in [2.05, 4.69) is 15.4 Å². The Morgan fingerprint density at radius 3 is 2.75 bits per heavy atom. The summed E-state index contributed by atoms with van der Waals surface area (Å²) in [4.78, 5) is 11.8. The topological polar surface area (TPSA) is 116 Å². The number of rotatable bonds is 9. The lowest BCUT2D eigenvalue weighted by molar-refractivity contribution is -0.137. The summed E-state index contributed by atoms with van der Waals surface area (Å²) in [7, 11) is 0. The molecule has 0 bridgehead atoms. The molecule has 9 heteroatoms. The molecule has 0 saturated heterocycles. The van der Waals surface area contributed by atoms with Gasteiger partial charge in [-0.1, -0.05) is 30.3 Å². The number of tetrazole rings is 1. The Morgan fingerprint density at radius 1 is 1.25 bits per heavy atom.